The Balaban J connectivity index is 2.54. The summed E-state index contributed by atoms with van der Waals surface area (Å²) in [5, 5.41) is 6.12. The molecule has 88 valence electrons. The van der Waals surface area contributed by atoms with E-state index < -0.39 is 6.03 Å². The third-order valence-electron chi connectivity index (χ3n) is 2.08. The Kier molecular flexibility index (Phi) is 4.25. The molecule has 1 aromatic carbocycles. The van der Waals surface area contributed by atoms with Crippen molar-refractivity contribution >= 4 is 29.0 Å². The second-order valence-corrected chi connectivity index (χ2v) is 3.81. The molecule has 6 heteroatoms. The van der Waals surface area contributed by atoms with Crippen LogP contribution in [0.4, 0.5) is 16.2 Å². The number of rotatable bonds is 4. The van der Waals surface area contributed by atoms with Crippen molar-refractivity contribution in [3.05, 3.63) is 22.7 Å². The van der Waals surface area contributed by atoms with E-state index in [0.29, 0.717) is 23.8 Å². The van der Waals surface area contributed by atoms with Crippen molar-refractivity contribution in [1.29, 1.82) is 0 Å². The molecule has 0 aliphatic heterocycles. The molecule has 0 bridgehead atoms. The molecule has 0 fully saturated rings. The van der Waals surface area contributed by atoms with Gasteiger partial charge in [0.25, 0.3) is 0 Å². The Bertz CT molecular complexity index is 395. The van der Waals surface area contributed by atoms with Gasteiger partial charge in [0, 0.05) is 18.8 Å². The molecule has 0 aliphatic carbocycles. The number of urea groups is 1. The molecular weight excluding hydrogens is 228 g/mol. The number of aryl methyl sites for hydroxylation is 1. The van der Waals surface area contributed by atoms with E-state index in [0.717, 1.165) is 11.3 Å². The van der Waals surface area contributed by atoms with Crippen LogP contribution in [0.3, 0.4) is 0 Å². The number of benzene rings is 1. The van der Waals surface area contributed by atoms with E-state index >= 15 is 0 Å². The number of primary amides is 1. The zero-order valence-electron chi connectivity index (χ0n) is 9.01. The molecule has 0 saturated carbocycles. The molecule has 0 saturated heterocycles. The Hall–Kier alpha value is -1.62. The van der Waals surface area contributed by atoms with Gasteiger partial charge >= 0.3 is 6.03 Å². The average Bonchev–Trinajstić information content (AvgIpc) is 2.19. The van der Waals surface area contributed by atoms with Crippen LogP contribution in [0.15, 0.2) is 12.1 Å². The van der Waals surface area contributed by atoms with Gasteiger partial charge in [-0.2, -0.15) is 0 Å². The van der Waals surface area contributed by atoms with E-state index in [4.69, 9.17) is 23.1 Å². The zero-order chi connectivity index (χ0) is 12.1. The minimum Gasteiger partial charge on any atom is -0.398 e. The minimum absolute atomic E-state index is 0.455. The normalized spacial score (nSPS) is 9.88. The summed E-state index contributed by atoms with van der Waals surface area (Å²) in [6.07, 6.45) is 0. The van der Waals surface area contributed by atoms with Gasteiger partial charge in [-0.1, -0.05) is 11.6 Å². The number of hydrogen-bond acceptors (Lipinski definition) is 3. The van der Waals surface area contributed by atoms with Crippen LogP contribution in [0, 0.1) is 6.92 Å². The van der Waals surface area contributed by atoms with Crippen LogP contribution >= 0.6 is 11.6 Å². The Morgan fingerprint density at radius 2 is 2.12 bits per heavy atom. The lowest BCUT2D eigenvalue weighted by Crippen LogP contribution is -2.33. The van der Waals surface area contributed by atoms with Crippen LogP contribution in [0.5, 0.6) is 0 Å². The fourth-order valence-corrected chi connectivity index (χ4v) is 1.44. The van der Waals surface area contributed by atoms with Crippen LogP contribution in [-0.4, -0.2) is 19.1 Å². The van der Waals surface area contributed by atoms with E-state index in [-0.39, 0.29) is 0 Å². The number of amides is 2. The second kappa shape index (κ2) is 5.46. The molecule has 0 heterocycles. The lowest BCUT2D eigenvalue weighted by atomic mass is 10.2. The highest BCUT2D eigenvalue weighted by Gasteiger charge is 2.02. The summed E-state index contributed by atoms with van der Waals surface area (Å²) < 4.78 is 0. The number of nitrogen functional groups attached to an aromatic ring is 1. The molecule has 0 radical (unpaired) electrons. The fraction of sp³-hybridized carbons (Fsp3) is 0.300. The van der Waals surface area contributed by atoms with Gasteiger partial charge in [0.15, 0.2) is 0 Å². The number of carbonyl (C=O) groups excluding carboxylic acids is 1. The van der Waals surface area contributed by atoms with Gasteiger partial charge in [-0.05, 0) is 24.6 Å². The van der Waals surface area contributed by atoms with Crippen molar-refractivity contribution in [2.45, 2.75) is 6.92 Å². The van der Waals surface area contributed by atoms with Gasteiger partial charge in [0.1, 0.15) is 0 Å². The van der Waals surface area contributed by atoms with Crippen LogP contribution in [0.2, 0.25) is 5.02 Å². The van der Waals surface area contributed by atoms with Crippen molar-refractivity contribution < 1.29 is 4.79 Å². The second-order valence-electron chi connectivity index (χ2n) is 3.41. The van der Waals surface area contributed by atoms with Crippen molar-refractivity contribution in [2.75, 3.05) is 24.1 Å². The first-order valence-electron chi connectivity index (χ1n) is 4.83. The van der Waals surface area contributed by atoms with Crippen LogP contribution in [0.25, 0.3) is 0 Å². The first kappa shape index (κ1) is 12.4. The predicted molar refractivity (Wildman–Crippen MR) is 66.7 cm³/mol. The summed E-state index contributed by atoms with van der Waals surface area (Å²) in [4.78, 5) is 10.4. The molecule has 6 N–H and O–H groups in total. The third kappa shape index (κ3) is 3.51. The highest BCUT2D eigenvalue weighted by atomic mass is 35.5. The van der Waals surface area contributed by atoms with Crippen molar-refractivity contribution in [3.63, 3.8) is 0 Å². The smallest absolute Gasteiger partial charge is 0.312 e. The molecule has 1 rings (SSSR count). The summed E-state index contributed by atoms with van der Waals surface area (Å²) in [5.74, 6) is 0. The molecule has 5 nitrogen and oxygen atoms in total. The van der Waals surface area contributed by atoms with Gasteiger partial charge in [-0.15, -0.1) is 0 Å². The van der Waals surface area contributed by atoms with E-state index in [1.807, 2.05) is 6.92 Å². The SMILES string of the molecule is Cc1cc(N)c(Cl)cc1NCCNC(N)=O. The Morgan fingerprint density at radius 3 is 2.75 bits per heavy atom. The van der Waals surface area contributed by atoms with Crippen LogP contribution in [-0.2, 0) is 0 Å². The number of nitrogens with two attached hydrogens (primary N) is 2. The number of halogens is 1. The molecule has 0 aliphatic rings. The first-order valence-corrected chi connectivity index (χ1v) is 5.21. The standard InChI is InChI=1S/C10H15ClN4O/c1-6-4-8(12)7(11)5-9(6)14-2-3-15-10(13)16/h4-5,14H,2-3,12H2,1H3,(H3,13,15,16). The summed E-state index contributed by atoms with van der Waals surface area (Å²) in [6.45, 7) is 2.96. The fourth-order valence-electron chi connectivity index (χ4n) is 1.28. The van der Waals surface area contributed by atoms with Crippen LogP contribution < -0.4 is 22.1 Å². The maximum absolute atomic E-state index is 10.4. The minimum atomic E-state index is -0.533. The van der Waals surface area contributed by atoms with Crippen molar-refractivity contribution in [1.82, 2.24) is 5.32 Å². The quantitative estimate of drug-likeness (QED) is 0.474. The maximum atomic E-state index is 10.4. The van der Waals surface area contributed by atoms with Crippen molar-refractivity contribution in [3.8, 4) is 0 Å². The summed E-state index contributed by atoms with van der Waals surface area (Å²) in [5.41, 5.74) is 13.0. The largest absolute Gasteiger partial charge is 0.398 e. The number of hydrogen-bond donors (Lipinski definition) is 4. The summed E-state index contributed by atoms with van der Waals surface area (Å²) in [7, 11) is 0. The Morgan fingerprint density at radius 1 is 1.44 bits per heavy atom. The molecule has 0 unspecified atom stereocenters. The molecule has 0 atom stereocenters. The first-order chi connectivity index (χ1) is 7.50. The van der Waals surface area contributed by atoms with E-state index in [1.54, 1.807) is 12.1 Å². The number of nitrogens with one attached hydrogen (secondary N) is 2. The zero-order valence-corrected chi connectivity index (χ0v) is 9.77. The number of carbonyl (C=O) groups is 1. The highest BCUT2D eigenvalue weighted by Crippen LogP contribution is 2.26. The van der Waals surface area contributed by atoms with Crippen molar-refractivity contribution in [2.24, 2.45) is 5.73 Å². The predicted octanol–water partition coefficient (Wildman–Crippen LogP) is 1.31. The molecule has 0 spiro atoms. The summed E-state index contributed by atoms with van der Waals surface area (Å²) in [6, 6.07) is 3.02. The lowest BCUT2D eigenvalue weighted by molar-refractivity contribution is 0.249. The molecular formula is C10H15ClN4O. The summed E-state index contributed by atoms with van der Waals surface area (Å²) >= 11 is 5.89. The van der Waals surface area contributed by atoms with Gasteiger partial charge < -0.3 is 22.1 Å². The van der Waals surface area contributed by atoms with E-state index in [2.05, 4.69) is 10.6 Å². The van der Waals surface area contributed by atoms with Gasteiger partial charge in [0.2, 0.25) is 0 Å². The van der Waals surface area contributed by atoms with E-state index in [9.17, 15) is 4.79 Å². The molecule has 0 aromatic heterocycles. The molecule has 1 aromatic rings. The topological polar surface area (TPSA) is 93.2 Å². The third-order valence-corrected chi connectivity index (χ3v) is 2.41. The molecule has 16 heavy (non-hydrogen) atoms. The van der Waals surface area contributed by atoms with Crippen LogP contribution in [0.1, 0.15) is 5.56 Å². The van der Waals surface area contributed by atoms with E-state index in [1.165, 1.54) is 0 Å². The maximum Gasteiger partial charge on any atom is 0.312 e. The molecule has 2 amide bonds. The Labute approximate surface area is 99.1 Å². The van der Waals surface area contributed by atoms with Gasteiger partial charge in [0.05, 0.1) is 10.7 Å². The monoisotopic (exact) mass is 242 g/mol. The highest BCUT2D eigenvalue weighted by molar-refractivity contribution is 6.33. The lowest BCUT2D eigenvalue weighted by Gasteiger charge is -2.11. The van der Waals surface area contributed by atoms with Gasteiger partial charge in [-0.3, -0.25) is 0 Å². The van der Waals surface area contributed by atoms with Gasteiger partial charge in [-0.25, -0.2) is 4.79 Å². The number of anilines is 2. The average molecular weight is 243 g/mol.